The van der Waals surface area contributed by atoms with Crippen LogP contribution in [0.4, 0.5) is 11.4 Å². The van der Waals surface area contributed by atoms with E-state index >= 15 is 0 Å². The molecule has 2 fully saturated rings. The molecule has 4 N–H and O–H groups in total. The van der Waals surface area contributed by atoms with E-state index in [0.717, 1.165) is 85.6 Å². The van der Waals surface area contributed by atoms with E-state index in [9.17, 15) is 29.4 Å². The number of rotatable bonds is 21. The van der Waals surface area contributed by atoms with Crippen LogP contribution in [-0.2, 0) is 19.1 Å². The van der Waals surface area contributed by atoms with Gasteiger partial charge in [-0.2, -0.15) is 0 Å². The molecule has 14 heteroatoms. The molecule has 3 aromatic rings. The van der Waals surface area contributed by atoms with E-state index in [-0.39, 0.29) is 47.3 Å². The van der Waals surface area contributed by atoms with Crippen LogP contribution in [0.15, 0.2) is 106 Å². The van der Waals surface area contributed by atoms with Gasteiger partial charge in [-0.05, 0) is 141 Å². The molecule has 1 aliphatic heterocycles. The van der Waals surface area contributed by atoms with Crippen LogP contribution in [0, 0.1) is 29.1 Å². The number of carbonyl (C=O) groups is 4. The van der Waals surface area contributed by atoms with Gasteiger partial charge in [-0.3, -0.25) is 14.4 Å². The van der Waals surface area contributed by atoms with Gasteiger partial charge < -0.3 is 44.5 Å². The minimum absolute atomic E-state index is 0.000529. The van der Waals surface area contributed by atoms with Gasteiger partial charge in [0, 0.05) is 111 Å². The average molecular weight is 1070 g/mol. The first-order valence-corrected chi connectivity index (χ1v) is 28.2. The Balaban J connectivity index is 0.672. The fraction of sp³-hybridized carbons (Fsp3) is 0.462. The number of ketones is 1. The Hall–Kier alpha value is -7.05. The number of anilines is 2. The Kier molecular flexibility index (Phi) is 17.6. The van der Waals surface area contributed by atoms with Gasteiger partial charge in [0.1, 0.15) is 31.0 Å². The summed E-state index contributed by atoms with van der Waals surface area (Å²) in [5, 5.41) is 30.0. The number of benzene rings is 4. The Morgan fingerprint density at radius 3 is 2.29 bits per heavy atom. The summed E-state index contributed by atoms with van der Waals surface area (Å²) in [5.41, 5.74) is 8.97. The number of hydrogen-bond donors (Lipinski definition) is 4. The highest BCUT2D eigenvalue weighted by Gasteiger charge is 2.62. The number of carboxylic acid groups (broad SMARTS) is 1. The highest BCUT2D eigenvalue weighted by atomic mass is 16.5. The van der Waals surface area contributed by atoms with Crippen LogP contribution in [0.1, 0.15) is 117 Å². The maximum atomic E-state index is 13.2. The lowest BCUT2D eigenvalue weighted by atomic mass is 9.51. The van der Waals surface area contributed by atoms with Gasteiger partial charge in [0.05, 0.1) is 38.1 Å². The first-order chi connectivity index (χ1) is 38.0. The van der Waals surface area contributed by atoms with E-state index in [0.29, 0.717) is 79.9 Å². The second-order valence-corrected chi connectivity index (χ2v) is 22.6. The molecular weight excluding hydrogens is 995 g/mol. The van der Waals surface area contributed by atoms with Crippen LogP contribution >= 0.6 is 0 Å². The summed E-state index contributed by atoms with van der Waals surface area (Å²) in [4.78, 5) is 55.4. The van der Waals surface area contributed by atoms with Crippen molar-refractivity contribution < 1.29 is 43.3 Å². The molecule has 6 aliphatic rings. The lowest BCUT2D eigenvalue weighted by Crippen LogP contribution is -2.51. The van der Waals surface area contributed by atoms with Gasteiger partial charge in [0.2, 0.25) is 11.3 Å². The minimum atomic E-state index is -1.15. The molecule has 2 saturated carbocycles. The van der Waals surface area contributed by atoms with Crippen molar-refractivity contribution in [2.24, 2.45) is 17.3 Å². The number of carboxylic acids is 1. The molecule has 1 heterocycles. The van der Waals surface area contributed by atoms with Crippen molar-refractivity contribution >= 4 is 45.9 Å². The number of nitrogens with one attached hydrogen (secondary N) is 2. The topological polar surface area (TPSA) is 174 Å². The van der Waals surface area contributed by atoms with Crippen molar-refractivity contribution in [3.63, 3.8) is 0 Å². The molecule has 2 amide bonds. The van der Waals surface area contributed by atoms with E-state index in [1.165, 1.54) is 28.3 Å². The number of nitrogens with zero attached hydrogens (tertiary/aromatic N) is 3. The zero-order valence-corrected chi connectivity index (χ0v) is 47.1. The number of aromatic carboxylic acids is 1. The number of fused-ring (bicyclic) bond motifs is 6. The zero-order valence-electron chi connectivity index (χ0n) is 47.1. The summed E-state index contributed by atoms with van der Waals surface area (Å²) in [6.07, 6.45) is 10.9. The third kappa shape index (κ3) is 12.1. The van der Waals surface area contributed by atoms with Gasteiger partial charge in [-0.15, -0.1) is 5.92 Å². The van der Waals surface area contributed by atoms with E-state index in [2.05, 4.69) is 65.6 Å². The largest absolute Gasteiger partial charge is 0.478 e. The molecule has 0 radical (unpaired) electrons. The number of hydrogen-bond acceptors (Lipinski definition) is 10. The maximum Gasteiger partial charge on any atom is 0.336 e. The van der Waals surface area contributed by atoms with Crippen molar-refractivity contribution in [3.05, 3.63) is 124 Å². The van der Waals surface area contributed by atoms with Crippen LogP contribution in [0.3, 0.4) is 0 Å². The molecule has 0 saturated heterocycles. The second-order valence-electron chi connectivity index (χ2n) is 22.6. The molecule has 5 atom stereocenters. The van der Waals surface area contributed by atoms with Crippen molar-refractivity contribution in [2.45, 2.75) is 96.0 Å². The van der Waals surface area contributed by atoms with Gasteiger partial charge in [-0.1, -0.05) is 43.0 Å². The van der Waals surface area contributed by atoms with Gasteiger partial charge in [0.25, 0.3) is 5.91 Å². The van der Waals surface area contributed by atoms with Crippen molar-refractivity contribution in [2.75, 3.05) is 91.1 Å². The molecule has 5 aliphatic carbocycles. The lowest BCUT2D eigenvalue weighted by Gasteiger charge is -2.53. The van der Waals surface area contributed by atoms with Crippen molar-refractivity contribution in [1.82, 2.24) is 15.2 Å². The Labute approximate surface area is 464 Å². The van der Waals surface area contributed by atoms with Crippen LogP contribution in [0.25, 0.3) is 33.4 Å². The molecule has 14 nitrogen and oxygen atoms in total. The number of ether oxygens (including phenoxy) is 2. The van der Waals surface area contributed by atoms with Gasteiger partial charge in [-0.25, -0.2) is 9.37 Å². The maximum absolute atomic E-state index is 13.2. The van der Waals surface area contributed by atoms with E-state index in [1.807, 2.05) is 87.1 Å². The third-order valence-electron chi connectivity index (χ3n) is 17.3. The number of unbranched alkanes of at least 4 members (excludes halogenated alkanes) is 2. The molecule has 9 rings (SSSR count). The summed E-state index contributed by atoms with van der Waals surface area (Å²) >= 11 is 0. The average Bonchev–Trinajstić information content (AvgIpc) is 3.43. The van der Waals surface area contributed by atoms with Gasteiger partial charge >= 0.3 is 5.97 Å². The fourth-order valence-corrected chi connectivity index (χ4v) is 13.1. The Morgan fingerprint density at radius 1 is 0.835 bits per heavy atom. The number of carbonyl (C=O) groups excluding carboxylic acids is 3. The first kappa shape index (κ1) is 56.7. The van der Waals surface area contributed by atoms with Crippen LogP contribution in [0.2, 0.25) is 0 Å². The molecule has 3 aromatic carbocycles. The predicted octanol–water partition coefficient (Wildman–Crippen LogP) is 9.23. The lowest BCUT2D eigenvalue weighted by molar-refractivity contribution is -0.121. The molecule has 0 bridgehead atoms. The molecule has 0 aromatic heterocycles. The normalized spacial score (nSPS) is 21.3. The number of allylic oxidation sites excluding steroid dienone is 4. The predicted molar refractivity (Wildman–Crippen MR) is 310 cm³/mol. The SMILES string of the molecule is CC#C[C@]1(O)CC[C@H]2[C@@H]3CCC4=CC(=O)CCC4=C3[C@@H](c3ccc(N(C)CCCCCC(=O)NCCOCCOCCNC(=O)c4ccc(-c5c6ccc(=[N+](C)C)cc-6oc6cc(N(C)C)ccc56)c(C(=O)O)c4)cc3)C[C@@]21C. The quantitative estimate of drug-likeness (QED) is 0.0239. The van der Waals surface area contributed by atoms with E-state index < -0.39 is 17.5 Å². The van der Waals surface area contributed by atoms with Crippen LogP contribution < -0.4 is 30.4 Å². The Bertz CT molecular complexity index is 3280. The highest BCUT2D eigenvalue weighted by molar-refractivity contribution is 6.09. The first-order valence-electron chi connectivity index (χ1n) is 28.2. The van der Waals surface area contributed by atoms with Crippen LogP contribution in [-0.4, -0.2) is 121 Å². The zero-order chi connectivity index (χ0) is 56.0. The monoisotopic (exact) mass is 1070 g/mol. The third-order valence-corrected chi connectivity index (χ3v) is 17.3. The molecule has 416 valence electrons. The number of aliphatic hydroxyl groups is 1. The van der Waals surface area contributed by atoms with Gasteiger partial charge in [0.15, 0.2) is 5.78 Å². The minimum Gasteiger partial charge on any atom is -0.478 e. The smallest absolute Gasteiger partial charge is 0.336 e. The van der Waals surface area contributed by atoms with E-state index in [4.69, 9.17) is 13.9 Å². The molecule has 0 spiro atoms. The number of amides is 2. The standard InChI is InChI=1S/C65H77N5O9/c1-8-28-65(76)29-27-56-51-23-15-43-37-48(71)21-26-49(43)60(51)55(41-64(56,65)2)42-13-17-45(18-14-42)70(7)32-11-9-10-12-59(72)66-30-33-77-35-36-78-34-31-67-62(73)44-16-22-50(54(38-44)63(74)75)61-52-24-19-46(68(3)4)39-57(52)79-58-40-47(69(5)6)20-25-53(58)61/h13-14,16-20,22,24-25,37-40,51,55-56,76H,9-12,15,21,23,26-27,29-36,41H2,1-7H3,(H2-,66,67,72,73,74,75)/p+1/t51-,55+,56-,64-,65-/m0/s1. The van der Waals surface area contributed by atoms with Crippen molar-refractivity contribution in [3.8, 4) is 34.3 Å². The highest BCUT2D eigenvalue weighted by Crippen LogP contribution is 2.66. The molecule has 79 heavy (non-hydrogen) atoms. The summed E-state index contributed by atoms with van der Waals surface area (Å²) in [5.74, 6) is 6.54. The second kappa shape index (κ2) is 24.5. The van der Waals surface area contributed by atoms with Crippen LogP contribution in [0.5, 0.6) is 0 Å². The summed E-state index contributed by atoms with van der Waals surface area (Å²) in [7, 11) is 9.90. The van der Waals surface area contributed by atoms with Crippen molar-refractivity contribution in [1.29, 1.82) is 0 Å². The summed E-state index contributed by atoms with van der Waals surface area (Å²) in [6, 6.07) is 25.4. The Morgan fingerprint density at radius 2 is 1.57 bits per heavy atom. The van der Waals surface area contributed by atoms with E-state index in [1.54, 1.807) is 12.1 Å². The fourth-order valence-electron chi connectivity index (χ4n) is 13.1. The molecule has 0 unspecified atom stereocenters. The molecular formula is C65H78N5O9+. The summed E-state index contributed by atoms with van der Waals surface area (Å²) < 4.78 is 19.7. The summed E-state index contributed by atoms with van der Waals surface area (Å²) in [6.45, 7) is 6.82.